The third-order valence-electron chi connectivity index (χ3n) is 3.68. The van der Waals surface area contributed by atoms with Crippen molar-refractivity contribution in [3.05, 3.63) is 28.0 Å². The minimum absolute atomic E-state index is 0.398. The summed E-state index contributed by atoms with van der Waals surface area (Å²) in [4.78, 5) is 1.63. The lowest BCUT2D eigenvalue weighted by Crippen LogP contribution is -2.20. The van der Waals surface area contributed by atoms with Crippen LogP contribution in [0.4, 0.5) is 0 Å². The van der Waals surface area contributed by atoms with Crippen molar-refractivity contribution in [3.63, 3.8) is 0 Å². The predicted molar refractivity (Wildman–Crippen MR) is 74.1 cm³/mol. The summed E-state index contributed by atoms with van der Waals surface area (Å²) in [6, 6.07) is 2.27. The highest BCUT2D eigenvalue weighted by Gasteiger charge is 2.34. The van der Waals surface area contributed by atoms with Crippen molar-refractivity contribution in [1.82, 2.24) is 0 Å². The molecule has 1 heterocycles. The molecular formula is C15H22S. The molecule has 0 unspecified atom stereocenters. The van der Waals surface area contributed by atoms with Gasteiger partial charge in [-0.25, -0.2) is 0 Å². The molecule has 0 fully saturated rings. The Balaban J connectivity index is 2.19. The second-order valence-corrected chi connectivity index (χ2v) is 5.82. The Morgan fingerprint density at radius 3 is 2.44 bits per heavy atom. The molecule has 1 heteroatoms. The van der Waals surface area contributed by atoms with Gasteiger partial charge in [0.05, 0.1) is 0 Å². The lowest BCUT2D eigenvalue weighted by Gasteiger charge is -2.27. The highest BCUT2D eigenvalue weighted by molar-refractivity contribution is 7.10. The Morgan fingerprint density at radius 1 is 1.12 bits per heavy atom. The molecular weight excluding hydrogens is 212 g/mol. The van der Waals surface area contributed by atoms with Crippen molar-refractivity contribution in [2.75, 3.05) is 0 Å². The molecule has 0 nitrogen and oxygen atoms in total. The average molecular weight is 234 g/mol. The first kappa shape index (κ1) is 11.9. The topological polar surface area (TPSA) is 0 Å². The zero-order valence-electron chi connectivity index (χ0n) is 10.5. The summed E-state index contributed by atoms with van der Waals surface area (Å²) >= 11 is 1.96. The summed E-state index contributed by atoms with van der Waals surface area (Å²) in [6.07, 6.45) is 12.8. The molecule has 0 radical (unpaired) electrons. The summed E-state index contributed by atoms with van der Waals surface area (Å²) in [5.41, 5.74) is 1.88. The Bertz CT molecular complexity index is 351. The van der Waals surface area contributed by atoms with Crippen LogP contribution in [0.25, 0.3) is 6.08 Å². The zero-order valence-corrected chi connectivity index (χ0v) is 11.3. The van der Waals surface area contributed by atoms with Gasteiger partial charge < -0.3 is 0 Å². The average Bonchev–Trinajstić information content (AvgIpc) is 2.87. The van der Waals surface area contributed by atoms with Crippen molar-refractivity contribution >= 4 is 17.4 Å². The number of hydrogen-bond acceptors (Lipinski definition) is 1. The molecule has 0 atom stereocenters. The van der Waals surface area contributed by atoms with E-state index in [0.717, 1.165) is 0 Å². The largest absolute Gasteiger partial charge is 0.147 e. The number of allylic oxidation sites excluding steroid dienone is 1. The standard InChI is InChI=1S/C15H22S/c1-3-5-9-15(10-6-4-2)11-7-13-8-12-16-14(13)15/h7-8,11-12H,3-6,9-10H2,1-2H3. The third kappa shape index (κ3) is 2.10. The smallest absolute Gasteiger partial charge is 0.0235 e. The maximum atomic E-state index is 2.49. The van der Waals surface area contributed by atoms with E-state index in [-0.39, 0.29) is 0 Å². The molecule has 0 saturated heterocycles. The molecule has 0 aromatic carbocycles. The van der Waals surface area contributed by atoms with Crippen LogP contribution in [0.1, 0.15) is 62.8 Å². The molecule has 1 aliphatic carbocycles. The maximum Gasteiger partial charge on any atom is 0.0235 e. The molecule has 0 bridgehead atoms. The van der Waals surface area contributed by atoms with E-state index in [2.05, 4.69) is 37.4 Å². The number of unbranched alkanes of at least 4 members (excludes halogenated alkanes) is 2. The molecule has 88 valence electrons. The number of thiophene rings is 1. The minimum Gasteiger partial charge on any atom is -0.147 e. The van der Waals surface area contributed by atoms with Crippen LogP contribution >= 0.6 is 11.3 Å². The molecule has 1 aromatic heterocycles. The Hall–Kier alpha value is -0.560. The van der Waals surface area contributed by atoms with E-state index in [4.69, 9.17) is 0 Å². The van der Waals surface area contributed by atoms with Crippen LogP contribution in [-0.2, 0) is 5.41 Å². The van der Waals surface area contributed by atoms with E-state index >= 15 is 0 Å². The summed E-state index contributed by atoms with van der Waals surface area (Å²) < 4.78 is 0. The first-order valence-corrected chi connectivity index (χ1v) is 7.47. The van der Waals surface area contributed by atoms with Crippen LogP contribution in [-0.4, -0.2) is 0 Å². The number of fused-ring (bicyclic) bond motifs is 1. The van der Waals surface area contributed by atoms with Gasteiger partial charge in [0.15, 0.2) is 0 Å². The number of rotatable bonds is 6. The second kappa shape index (κ2) is 5.18. The molecule has 16 heavy (non-hydrogen) atoms. The summed E-state index contributed by atoms with van der Waals surface area (Å²) in [5, 5.41) is 2.25. The Morgan fingerprint density at radius 2 is 1.81 bits per heavy atom. The third-order valence-corrected chi connectivity index (χ3v) is 4.83. The van der Waals surface area contributed by atoms with Crippen LogP contribution in [0, 0.1) is 0 Å². The van der Waals surface area contributed by atoms with Gasteiger partial charge in [-0.3, -0.25) is 0 Å². The van der Waals surface area contributed by atoms with Crippen LogP contribution in [0.3, 0.4) is 0 Å². The van der Waals surface area contributed by atoms with E-state index in [9.17, 15) is 0 Å². The lowest BCUT2D eigenvalue weighted by atomic mass is 9.79. The fourth-order valence-corrected chi connectivity index (χ4v) is 3.81. The monoisotopic (exact) mass is 234 g/mol. The first-order valence-electron chi connectivity index (χ1n) is 6.59. The highest BCUT2D eigenvalue weighted by atomic mass is 32.1. The van der Waals surface area contributed by atoms with Crippen molar-refractivity contribution in [2.45, 2.75) is 57.8 Å². The minimum atomic E-state index is 0.398. The number of hydrogen-bond donors (Lipinski definition) is 0. The molecule has 1 aromatic rings. The lowest BCUT2D eigenvalue weighted by molar-refractivity contribution is 0.432. The van der Waals surface area contributed by atoms with Gasteiger partial charge in [0.2, 0.25) is 0 Å². The van der Waals surface area contributed by atoms with E-state index in [1.165, 1.54) is 44.1 Å². The van der Waals surface area contributed by atoms with E-state index in [1.54, 1.807) is 4.88 Å². The molecule has 0 aliphatic heterocycles. The molecule has 0 N–H and O–H groups in total. The van der Waals surface area contributed by atoms with Crippen molar-refractivity contribution in [3.8, 4) is 0 Å². The van der Waals surface area contributed by atoms with Crippen molar-refractivity contribution < 1.29 is 0 Å². The van der Waals surface area contributed by atoms with Crippen LogP contribution < -0.4 is 0 Å². The normalized spacial score (nSPS) is 16.6. The van der Waals surface area contributed by atoms with E-state index in [1.807, 2.05) is 11.3 Å². The van der Waals surface area contributed by atoms with Gasteiger partial charge in [-0.1, -0.05) is 51.7 Å². The molecule has 2 rings (SSSR count). The Labute approximate surface area is 103 Å². The zero-order chi connectivity index (χ0) is 11.4. The van der Waals surface area contributed by atoms with Gasteiger partial charge in [-0.15, -0.1) is 11.3 Å². The van der Waals surface area contributed by atoms with Gasteiger partial charge in [0, 0.05) is 10.3 Å². The van der Waals surface area contributed by atoms with Crippen LogP contribution in [0.15, 0.2) is 17.5 Å². The van der Waals surface area contributed by atoms with Gasteiger partial charge >= 0.3 is 0 Å². The molecule has 0 saturated carbocycles. The highest BCUT2D eigenvalue weighted by Crippen LogP contribution is 2.46. The molecule has 0 spiro atoms. The van der Waals surface area contributed by atoms with E-state index < -0.39 is 0 Å². The fraction of sp³-hybridized carbons (Fsp3) is 0.600. The second-order valence-electron chi connectivity index (χ2n) is 4.90. The van der Waals surface area contributed by atoms with Gasteiger partial charge in [0.1, 0.15) is 0 Å². The summed E-state index contributed by atoms with van der Waals surface area (Å²) in [6.45, 7) is 4.59. The summed E-state index contributed by atoms with van der Waals surface area (Å²) in [5.74, 6) is 0. The van der Waals surface area contributed by atoms with Crippen molar-refractivity contribution in [1.29, 1.82) is 0 Å². The van der Waals surface area contributed by atoms with E-state index in [0.29, 0.717) is 5.41 Å². The van der Waals surface area contributed by atoms with Gasteiger partial charge in [-0.05, 0) is 29.9 Å². The molecule has 0 amide bonds. The molecule has 1 aliphatic rings. The van der Waals surface area contributed by atoms with Gasteiger partial charge in [0.25, 0.3) is 0 Å². The maximum absolute atomic E-state index is 2.49. The van der Waals surface area contributed by atoms with Crippen LogP contribution in [0.5, 0.6) is 0 Å². The van der Waals surface area contributed by atoms with Crippen LogP contribution in [0.2, 0.25) is 0 Å². The van der Waals surface area contributed by atoms with Gasteiger partial charge in [-0.2, -0.15) is 0 Å². The fourth-order valence-electron chi connectivity index (χ4n) is 2.68. The first-order chi connectivity index (χ1) is 7.82. The Kier molecular flexibility index (Phi) is 3.86. The SMILES string of the molecule is CCCCC1(CCCC)C=Cc2ccsc21. The predicted octanol–water partition coefficient (Wildman–Crippen LogP) is 5.39. The quantitative estimate of drug-likeness (QED) is 0.619. The summed E-state index contributed by atoms with van der Waals surface area (Å²) in [7, 11) is 0. The van der Waals surface area contributed by atoms with Crippen molar-refractivity contribution in [2.24, 2.45) is 0 Å².